The van der Waals surface area contributed by atoms with Gasteiger partial charge in [0.15, 0.2) is 0 Å². The zero-order valence-electron chi connectivity index (χ0n) is 12.5. The van der Waals surface area contributed by atoms with Gasteiger partial charge >= 0.3 is 0 Å². The first kappa shape index (κ1) is 16.9. The van der Waals surface area contributed by atoms with Crippen LogP contribution in [0.15, 0.2) is 0 Å². The molecule has 1 heterocycles. The molecular formula is C14H30N2O2S. The Kier molecular flexibility index (Phi) is 7.95. The predicted molar refractivity (Wildman–Crippen MR) is 80.7 cm³/mol. The van der Waals surface area contributed by atoms with E-state index in [0.29, 0.717) is 24.1 Å². The number of unbranched alkanes of at least 4 members (excludes halogenated alkanes) is 1. The van der Waals surface area contributed by atoms with E-state index in [1.807, 2.05) is 0 Å². The summed E-state index contributed by atoms with van der Waals surface area (Å²) in [4.78, 5) is 0. The Bertz CT molecular complexity index is 322. The van der Waals surface area contributed by atoms with Crippen LogP contribution < -0.4 is 10.0 Å². The molecule has 1 rings (SSSR count). The summed E-state index contributed by atoms with van der Waals surface area (Å²) in [5.41, 5.74) is 0. The van der Waals surface area contributed by atoms with E-state index in [1.165, 1.54) is 6.42 Å². The minimum atomic E-state index is -3.05. The lowest BCUT2D eigenvalue weighted by Crippen LogP contribution is -2.31. The first-order chi connectivity index (χ1) is 8.99. The molecule has 0 spiro atoms. The highest BCUT2D eigenvalue weighted by Crippen LogP contribution is 2.16. The van der Waals surface area contributed by atoms with E-state index in [0.717, 1.165) is 45.2 Å². The zero-order chi connectivity index (χ0) is 14.1. The SMILES string of the molecule is CC(C)CCCCNS(=O)(=O)CCC1CCNCC1. The van der Waals surface area contributed by atoms with Crippen LogP contribution in [0.5, 0.6) is 0 Å². The monoisotopic (exact) mass is 290 g/mol. The van der Waals surface area contributed by atoms with Crippen molar-refractivity contribution in [2.24, 2.45) is 11.8 Å². The molecule has 0 amide bonds. The molecule has 0 aromatic rings. The highest BCUT2D eigenvalue weighted by atomic mass is 32.2. The van der Waals surface area contributed by atoms with Crippen molar-refractivity contribution >= 4 is 10.0 Å². The predicted octanol–water partition coefficient (Wildman–Crippen LogP) is 2.12. The third-order valence-corrected chi connectivity index (χ3v) is 5.20. The average Bonchev–Trinajstić information content (AvgIpc) is 2.37. The fourth-order valence-corrected chi connectivity index (χ4v) is 3.71. The van der Waals surface area contributed by atoms with Gasteiger partial charge in [0.05, 0.1) is 5.75 Å². The summed E-state index contributed by atoms with van der Waals surface area (Å²) >= 11 is 0. The third kappa shape index (κ3) is 8.60. The number of hydrogen-bond donors (Lipinski definition) is 2. The van der Waals surface area contributed by atoms with Crippen LogP contribution >= 0.6 is 0 Å². The van der Waals surface area contributed by atoms with Crippen molar-refractivity contribution < 1.29 is 8.42 Å². The number of piperidine rings is 1. The normalized spacial score (nSPS) is 18.1. The van der Waals surface area contributed by atoms with Gasteiger partial charge in [-0.25, -0.2) is 13.1 Å². The summed E-state index contributed by atoms with van der Waals surface area (Å²) in [5, 5.41) is 3.30. The van der Waals surface area contributed by atoms with Gasteiger partial charge in [0.25, 0.3) is 0 Å². The van der Waals surface area contributed by atoms with Gasteiger partial charge in [-0.15, -0.1) is 0 Å². The first-order valence-electron chi connectivity index (χ1n) is 7.67. The molecule has 0 radical (unpaired) electrons. The smallest absolute Gasteiger partial charge is 0.211 e. The van der Waals surface area contributed by atoms with E-state index in [1.54, 1.807) is 0 Å². The van der Waals surface area contributed by atoms with Crippen LogP contribution in [0.25, 0.3) is 0 Å². The molecule has 1 aliphatic heterocycles. The second-order valence-corrected chi connectivity index (χ2v) is 8.01. The van der Waals surface area contributed by atoms with Gasteiger partial charge in [-0.2, -0.15) is 0 Å². The number of hydrogen-bond acceptors (Lipinski definition) is 3. The quantitative estimate of drug-likeness (QED) is 0.640. The molecule has 1 fully saturated rings. The van der Waals surface area contributed by atoms with Crippen LogP contribution in [0.2, 0.25) is 0 Å². The van der Waals surface area contributed by atoms with Crippen LogP contribution in [-0.4, -0.2) is 33.8 Å². The average molecular weight is 290 g/mol. The molecule has 2 N–H and O–H groups in total. The van der Waals surface area contributed by atoms with E-state index in [-0.39, 0.29) is 0 Å². The first-order valence-corrected chi connectivity index (χ1v) is 9.33. The molecular weight excluding hydrogens is 260 g/mol. The fraction of sp³-hybridized carbons (Fsp3) is 1.00. The molecule has 1 aliphatic rings. The number of nitrogens with one attached hydrogen (secondary N) is 2. The minimum Gasteiger partial charge on any atom is -0.317 e. The Morgan fingerprint density at radius 3 is 2.53 bits per heavy atom. The Morgan fingerprint density at radius 1 is 1.21 bits per heavy atom. The standard InChI is InChI=1S/C14H30N2O2S/c1-13(2)5-3-4-9-16-19(17,18)12-8-14-6-10-15-11-7-14/h13-16H,3-12H2,1-2H3. The molecule has 0 aliphatic carbocycles. The summed E-state index contributed by atoms with van der Waals surface area (Å²) in [7, 11) is -3.05. The van der Waals surface area contributed by atoms with Crippen LogP contribution in [-0.2, 0) is 10.0 Å². The number of rotatable bonds is 9. The van der Waals surface area contributed by atoms with E-state index in [9.17, 15) is 8.42 Å². The Morgan fingerprint density at radius 2 is 1.89 bits per heavy atom. The Hall–Kier alpha value is -0.130. The molecule has 0 unspecified atom stereocenters. The summed E-state index contributed by atoms with van der Waals surface area (Å²) in [6, 6.07) is 0. The van der Waals surface area contributed by atoms with Gasteiger partial charge < -0.3 is 5.32 Å². The van der Waals surface area contributed by atoms with Crippen LogP contribution in [0, 0.1) is 11.8 Å². The molecule has 4 nitrogen and oxygen atoms in total. The van der Waals surface area contributed by atoms with Crippen molar-refractivity contribution in [3.8, 4) is 0 Å². The third-order valence-electron chi connectivity index (χ3n) is 3.78. The topological polar surface area (TPSA) is 58.2 Å². The number of sulfonamides is 1. The maximum absolute atomic E-state index is 11.8. The van der Waals surface area contributed by atoms with Crippen LogP contribution in [0.1, 0.15) is 52.4 Å². The van der Waals surface area contributed by atoms with Crippen molar-refractivity contribution in [3.05, 3.63) is 0 Å². The fourth-order valence-electron chi connectivity index (χ4n) is 2.47. The minimum absolute atomic E-state index is 0.293. The molecule has 0 bridgehead atoms. The Balaban J connectivity index is 2.09. The lowest BCUT2D eigenvalue weighted by molar-refractivity contribution is 0.365. The second kappa shape index (κ2) is 8.93. The van der Waals surface area contributed by atoms with Gasteiger partial charge in [0, 0.05) is 6.54 Å². The summed E-state index contributed by atoms with van der Waals surface area (Å²) in [5.74, 6) is 1.58. The van der Waals surface area contributed by atoms with Crippen molar-refractivity contribution in [2.75, 3.05) is 25.4 Å². The summed E-state index contributed by atoms with van der Waals surface area (Å²) in [6.07, 6.45) is 6.27. The van der Waals surface area contributed by atoms with Gasteiger partial charge in [0.2, 0.25) is 10.0 Å². The maximum atomic E-state index is 11.8. The van der Waals surface area contributed by atoms with E-state index in [4.69, 9.17) is 0 Å². The molecule has 0 aromatic carbocycles. The lowest BCUT2D eigenvalue weighted by Gasteiger charge is -2.22. The molecule has 114 valence electrons. The van der Waals surface area contributed by atoms with Gasteiger partial charge in [0.1, 0.15) is 0 Å². The zero-order valence-corrected chi connectivity index (χ0v) is 13.3. The molecule has 0 atom stereocenters. The van der Waals surface area contributed by atoms with Gasteiger partial charge in [-0.3, -0.25) is 0 Å². The van der Waals surface area contributed by atoms with Crippen LogP contribution in [0.3, 0.4) is 0 Å². The molecule has 1 saturated heterocycles. The largest absolute Gasteiger partial charge is 0.317 e. The molecule has 0 saturated carbocycles. The van der Waals surface area contributed by atoms with Crippen molar-refractivity contribution in [1.29, 1.82) is 0 Å². The van der Waals surface area contributed by atoms with Gasteiger partial charge in [-0.1, -0.05) is 26.7 Å². The summed E-state index contributed by atoms with van der Waals surface area (Å²) in [6.45, 7) is 7.06. The summed E-state index contributed by atoms with van der Waals surface area (Å²) < 4.78 is 26.4. The van der Waals surface area contributed by atoms with Gasteiger partial charge in [-0.05, 0) is 50.6 Å². The molecule has 0 aromatic heterocycles. The van der Waals surface area contributed by atoms with Crippen molar-refractivity contribution in [1.82, 2.24) is 10.0 Å². The Labute approximate surface area is 118 Å². The lowest BCUT2D eigenvalue weighted by atomic mass is 9.96. The van der Waals surface area contributed by atoms with Crippen molar-refractivity contribution in [3.63, 3.8) is 0 Å². The van der Waals surface area contributed by atoms with Crippen LogP contribution in [0.4, 0.5) is 0 Å². The molecule has 19 heavy (non-hydrogen) atoms. The van der Waals surface area contributed by atoms with E-state index >= 15 is 0 Å². The van der Waals surface area contributed by atoms with Crippen molar-refractivity contribution in [2.45, 2.75) is 52.4 Å². The highest BCUT2D eigenvalue weighted by Gasteiger charge is 2.17. The van der Waals surface area contributed by atoms with E-state index in [2.05, 4.69) is 23.9 Å². The van der Waals surface area contributed by atoms with E-state index < -0.39 is 10.0 Å². The highest BCUT2D eigenvalue weighted by molar-refractivity contribution is 7.89. The maximum Gasteiger partial charge on any atom is 0.211 e. The second-order valence-electron chi connectivity index (χ2n) is 6.08. The molecule has 5 heteroatoms.